The van der Waals surface area contributed by atoms with Crippen molar-refractivity contribution in [3.05, 3.63) is 30.1 Å². The minimum absolute atomic E-state index is 0.0215. The lowest BCUT2D eigenvalue weighted by molar-refractivity contribution is -0.140. The van der Waals surface area contributed by atoms with Gasteiger partial charge in [-0.05, 0) is 12.1 Å². The molecule has 0 spiro atoms. The number of sulfonamides is 1. The molecule has 0 radical (unpaired) electrons. The van der Waals surface area contributed by atoms with E-state index in [0.29, 0.717) is 0 Å². The van der Waals surface area contributed by atoms with Crippen LogP contribution in [-0.2, 0) is 14.8 Å². The molecule has 1 aliphatic heterocycles. The number of aliphatic carboxylic acids is 1. The first-order valence-corrected chi connectivity index (χ1v) is 7.61. The van der Waals surface area contributed by atoms with E-state index in [0.717, 1.165) is 16.4 Å². The van der Waals surface area contributed by atoms with Crippen LogP contribution in [0.2, 0.25) is 0 Å². The van der Waals surface area contributed by atoms with E-state index in [1.54, 1.807) is 0 Å². The van der Waals surface area contributed by atoms with Crippen molar-refractivity contribution in [2.75, 3.05) is 11.6 Å². The second kappa shape index (κ2) is 4.87. The van der Waals surface area contributed by atoms with Gasteiger partial charge in [0.15, 0.2) is 0 Å². The molecule has 0 unspecified atom stereocenters. The van der Waals surface area contributed by atoms with Gasteiger partial charge in [-0.15, -0.1) is 11.8 Å². The van der Waals surface area contributed by atoms with Crippen LogP contribution in [0.4, 0.5) is 4.39 Å². The molecule has 1 aliphatic rings. The Morgan fingerprint density at radius 2 is 2.11 bits per heavy atom. The highest BCUT2D eigenvalue weighted by molar-refractivity contribution is 8.00. The maximum absolute atomic E-state index is 13.5. The third kappa shape index (κ3) is 2.23. The summed E-state index contributed by atoms with van der Waals surface area (Å²) >= 11 is 1.19. The fraction of sp³-hybridized carbons (Fsp3) is 0.300. The molecule has 0 amide bonds. The number of benzene rings is 1. The fourth-order valence-corrected chi connectivity index (χ4v) is 4.84. The summed E-state index contributed by atoms with van der Waals surface area (Å²) in [4.78, 5) is 10.5. The SMILES string of the molecule is O=C(O)[C@@H]1CSCN1S(=O)(=O)c1ccccc1F. The predicted octanol–water partition coefficient (Wildman–Crippen LogP) is 0.974. The molecule has 0 aromatic heterocycles. The highest BCUT2D eigenvalue weighted by atomic mass is 32.2. The van der Waals surface area contributed by atoms with Crippen LogP contribution in [0.25, 0.3) is 0 Å². The van der Waals surface area contributed by atoms with Gasteiger partial charge >= 0.3 is 5.97 Å². The van der Waals surface area contributed by atoms with Crippen LogP contribution in [0, 0.1) is 5.82 Å². The number of carboxylic acid groups (broad SMARTS) is 1. The van der Waals surface area contributed by atoms with Crippen LogP contribution >= 0.6 is 11.8 Å². The first kappa shape index (κ1) is 13.3. The van der Waals surface area contributed by atoms with E-state index < -0.39 is 32.7 Å². The number of carbonyl (C=O) groups is 1. The largest absolute Gasteiger partial charge is 0.480 e. The summed E-state index contributed by atoms with van der Waals surface area (Å²) in [6, 6.07) is 3.80. The average Bonchev–Trinajstić information content (AvgIpc) is 2.78. The first-order chi connectivity index (χ1) is 8.44. The van der Waals surface area contributed by atoms with Crippen LogP contribution in [0.1, 0.15) is 0 Å². The predicted molar refractivity (Wildman–Crippen MR) is 64.2 cm³/mol. The second-order valence-corrected chi connectivity index (χ2v) is 6.54. The van der Waals surface area contributed by atoms with E-state index in [-0.39, 0.29) is 11.6 Å². The Kier molecular flexibility index (Phi) is 3.60. The molecule has 1 aromatic carbocycles. The van der Waals surface area contributed by atoms with Crippen LogP contribution < -0.4 is 0 Å². The number of carboxylic acids is 1. The van der Waals surface area contributed by atoms with Crippen molar-refractivity contribution in [3.8, 4) is 0 Å². The highest BCUT2D eigenvalue weighted by Gasteiger charge is 2.40. The Morgan fingerprint density at radius 1 is 1.44 bits per heavy atom. The number of nitrogens with zero attached hydrogens (tertiary/aromatic N) is 1. The van der Waals surface area contributed by atoms with E-state index in [4.69, 9.17) is 5.11 Å². The molecule has 18 heavy (non-hydrogen) atoms. The maximum atomic E-state index is 13.5. The molecule has 1 N–H and O–H groups in total. The number of hydrogen-bond acceptors (Lipinski definition) is 4. The number of halogens is 1. The van der Waals surface area contributed by atoms with Crippen molar-refractivity contribution in [3.63, 3.8) is 0 Å². The zero-order valence-electron chi connectivity index (χ0n) is 9.11. The molecular weight excluding hydrogens is 281 g/mol. The molecule has 0 bridgehead atoms. The highest BCUT2D eigenvalue weighted by Crippen LogP contribution is 2.29. The van der Waals surface area contributed by atoms with Crippen LogP contribution in [0.3, 0.4) is 0 Å². The molecule has 1 atom stereocenters. The van der Waals surface area contributed by atoms with Gasteiger partial charge in [0.2, 0.25) is 10.0 Å². The molecule has 1 saturated heterocycles. The molecule has 8 heteroatoms. The normalized spacial score (nSPS) is 21.1. The molecule has 2 rings (SSSR count). The lowest BCUT2D eigenvalue weighted by atomic mass is 10.3. The minimum atomic E-state index is -4.11. The lowest BCUT2D eigenvalue weighted by Gasteiger charge is -2.20. The molecule has 0 saturated carbocycles. The van der Waals surface area contributed by atoms with Gasteiger partial charge < -0.3 is 5.11 Å². The molecular formula is C10H10FNO4S2. The summed E-state index contributed by atoms with van der Waals surface area (Å²) in [5.74, 6) is -1.91. The van der Waals surface area contributed by atoms with Crippen molar-refractivity contribution in [2.45, 2.75) is 10.9 Å². The van der Waals surface area contributed by atoms with E-state index in [2.05, 4.69) is 0 Å². The summed E-state index contributed by atoms with van der Waals surface area (Å²) in [5.41, 5.74) is 0. The van der Waals surface area contributed by atoms with Crippen LogP contribution in [0.15, 0.2) is 29.2 Å². The smallest absolute Gasteiger partial charge is 0.322 e. The van der Waals surface area contributed by atoms with E-state index in [1.165, 1.54) is 23.9 Å². The van der Waals surface area contributed by atoms with Gasteiger partial charge in [0, 0.05) is 5.75 Å². The summed E-state index contributed by atoms with van der Waals surface area (Å²) in [7, 11) is -4.11. The second-order valence-electron chi connectivity index (χ2n) is 3.68. The Bertz CT molecular complexity index is 575. The quantitative estimate of drug-likeness (QED) is 0.898. The third-order valence-corrected chi connectivity index (χ3v) is 5.61. The number of thioether (sulfide) groups is 1. The van der Waals surface area contributed by atoms with Crippen molar-refractivity contribution < 1.29 is 22.7 Å². The van der Waals surface area contributed by atoms with Gasteiger partial charge in [0.25, 0.3) is 0 Å². The van der Waals surface area contributed by atoms with Crippen molar-refractivity contribution in [1.29, 1.82) is 0 Å². The van der Waals surface area contributed by atoms with Gasteiger partial charge in [0.1, 0.15) is 16.8 Å². The monoisotopic (exact) mass is 291 g/mol. The standard InChI is InChI=1S/C10H10FNO4S2/c11-7-3-1-2-4-9(7)18(15,16)12-6-17-5-8(12)10(13)14/h1-4,8H,5-6H2,(H,13,14)/t8-/m0/s1. The third-order valence-electron chi connectivity index (χ3n) is 2.55. The summed E-state index contributed by atoms with van der Waals surface area (Å²) in [5, 5.41) is 8.95. The van der Waals surface area contributed by atoms with Gasteiger partial charge in [-0.2, -0.15) is 4.31 Å². The van der Waals surface area contributed by atoms with Gasteiger partial charge in [-0.1, -0.05) is 12.1 Å². The number of hydrogen-bond donors (Lipinski definition) is 1. The Morgan fingerprint density at radius 3 is 2.72 bits per heavy atom. The van der Waals surface area contributed by atoms with Crippen molar-refractivity contribution in [2.24, 2.45) is 0 Å². The average molecular weight is 291 g/mol. The van der Waals surface area contributed by atoms with E-state index in [9.17, 15) is 17.6 Å². The Hall–Kier alpha value is -1.12. The zero-order chi connectivity index (χ0) is 13.3. The van der Waals surface area contributed by atoms with Crippen LogP contribution in [-0.4, -0.2) is 41.5 Å². The van der Waals surface area contributed by atoms with E-state index >= 15 is 0 Å². The summed E-state index contributed by atoms with van der Waals surface area (Å²) in [6.07, 6.45) is 0. The summed E-state index contributed by atoms with van der Waals surface area (Å²) in [6.45, 7) is 0. The number of rotatable bonds is 3. The topological polar surface area (TPSA) is 74.7 Å². The molecule has 1 heterocycles. The first-order valence-electron chi connectivity index (χ1n) is 5.01. The summed E-state index contributed by atoms with van der Waals surface area (Å²) < 4.78 is 38.7. The molecule has 1 aromatic rings. The minimum Gasteiger partial charge on any atom is -0.480 e. The van der Waals surface area contributed by atoms with Crippen molar-refractivity contribution in [1.82, 2.24) is 4.31 Å². The van der Waals surface area contributed by atoms with Crippen LogP contribution in [0.5, 0.6) is 0 Å². The van der Waals surface area contributed by atoms with E-state index in [1.807, 2.05) is 0 Å². The van der Waals surface area contributed by atoms with Gasteiger partial charge in [-0.25, -0.2) is 12.8 Å². The zero-order valence-corrected chi connectivity index (χ0v) is 10.7. The molecule has 0 aliphatic carbocycles. The lowest BCUT2D eigenvalue weighted by Crippen LogP contribution is -2.41. The molecule has 1 fully saturated rings. The van der Waals surface area contributed by atoms with Crippen molar-refractivity contribution >= 4 is 27.8 Å². The van der Waals surface area contributed by atoms with Gasteiger partial charge in [-0.3, -0.25) is 4.79 Å². The maximum Gasteiger partial charge on any atom is 0.322 e. The molecule has 5 nitrogen and oxygen atoms in total. The fourth-order valence-electron chi connectivity index (χ4n) is 1.64. The molecule has 98 valence electrons. The Balaban J connectivity index is 2.43. The van der Waals surface area contributed by atoms with Gasteiger partial charge in [0.05, 0.1) is 5.88 Å². The Labute approximate surface area is 108 Å².